The van der Waals surface area contributed by atoms with E-state index in [9.17, 15) is 4.79 Å². The fourth-order valence-corrected chi connectivity index (χ4v) is 3.97. The number of fused-ring (bicyclic) bond motifs is 1. The van der Waals surface area contributed by atoms with E-state index in [1.54, 1.807) is 12.4 Å². The second kappa shape index (κ2) is 8.01. The average molecular weight is 463 g/mol. The highest BCUT2D eigenvalue weighted by molar-refractivity contribution is 9.10. The summed E-state index contributed by atoms with van der Waals surface area (Å²) >= 11 is 3.45. The molecule has 1 aromatic carbocycles. The van der Waals surface area contributed by atoms with E-state index in [1.165, 1.54) is 0 Å². The van der Waals surface area contributed by atoms with Gasteiger partial charge in [-0.3, -0.25) is 14.7 Å². The Bertz CT molecular complexity index is 1230. The molecule has 1 aliphatic rings. The Morgan fingerprint density at radius 1 is 1.10 bits per heavy atom. The van der Waals surface area contributed by atoms with Crippen molar-refractivity contribution in [1.82, 2.24) is 19.9 Å². The number of benzene rings is 1. The van der Waals surface area contributed by atoms with Gasteiger partial charge in [0, 0.05) is 47.5 Å². The van der Waals surface area contributed by atoms with Gasteiger partial charge in [0.2, 0.25) is 0 Å². The molecule has 0 spiro atoms. The molecule has 0 unspecified atom stereocenters. The van der Waals surface area contributed by atoms with E-state index >= 15 is 0 Å². The van der Waals surface area contributed by atoms with Gasteiger partial charge in [0.05, 0.1) is 17.8 Å². The molecule has 4 heterocycles. The molecule has 0 aliphatic carbocycles. The van der Waals surface area contributed by atoms with E-state index in [4.69, 9.17) is 4.42 Å². The van der Waals surface area contributed by atoms with E-state index < -0.39 is 0 Å². The zero-order valence-electron chi connectivity index (χ0n) is 16.1. The number of halogens is 1. The maximum atomic E-state index is 12.7. The van der Waals surface area contributed by atoms with Gasteiger partial charge in [-0.15, -0.1) is 0 Å². The molecule has 5 rings (SSSR count). The van der Waals surface area contributed by atoms with Crippen LogP contribution in [-0.4, -0.2) is 26.4 Å². The van der Waals surface area contributed by atoms with Crippen LogP contribution in [0, 0.1) is 0 Å². The van der Waals surface area contributed by atoms with E-state index in [0.29, 0.717) is 18.9 Å². The average Bonchev–Trinajstić information content (AvgIpc) is 3.23. The number of nitrogens with one attached hydrogen (secondary N) is 1. The number of aromatic nitrogens is 3. The van der Waals surface area contributed by atoms with Crippen molar-refractivity contribution in [1.29, 1.82) is 0 Å². The maximum Gasteiger partial charge on any atom is 0.255 e. The Hall–Kier alpha value is -3.03. The molecule has 0 bridgehead atoms. The number of furan rings is 1. The smallest absolute Gasteiger partial charge is 0.255 e. The van der Waals surface area contributed by atoms with Crippen molar-refractivity contribution in [3.05, 3.63) is 92.8 Å². The van der Waals surface area contributed by atoms with Crippen molar-refractivity contribution >= 4 is 15.9 Å². The normalized spacial score (nSPS) is 13.9. The first-order valence-electron chi connectivity index (χ1n) is 9.75. The molecule has 1 N–H and O–H groups in total. The molecule has 1 aliphatic heterocycles. The van der Waals surface area contributed by atoms with Gasteiger partial charge >= 0.3 is 0 Å². The first kappa shape index (κ1) is 19.0. The molecule has 7 heteroatoms. The molecule has 0 amide bonds. The minimum Gasteiger partial charge on any atom is -0.460 e. The third-order valence-electron chi connectivity index (χ3n) is 5.25. The Morgan fingerprint density at radius 3 is 2.77 bits per heavy atom. The van der Waals surface area contributed by atoms with Gasteiger partial charge < -0.3 is 9.40 Å². The zero-order chi connectivity index (χ0) is 20.5. The van der Waals surface area contributed by atoms with Crippen LogP contribution in [0.5, 0.6) is 0 Å². The number of hydrogen-bond donors (Lipinski definition) is 1. The molecular weight excluding hydrogens is 444 g/mol. The van der Waals surface area contributed by atoms with Crippen LogP contribution in [0.2, 0.25) is 0 Å². The largest absolute Gasteiger partial charge is 0.460 e. The lowest BCUT2D eigenvalue weighted by Crippen LogP contribution is -2.35. The van der Waals surface area contributed by atoms with Crippen LogP contribution in [0.25, 0.3) is 22.7 Å². The van der Waals surface area contributed by atoms with E-state index in [1.807, 2.05) is 48.5 Å². The maximum absolute atomic E-state index is 12.7. The number of hydrogen-bond acceptors (Lipinski definition) is 5. The Balaban J connectivity index is 1.33. The van der Waals surface area contributed by atoms with Crippen molar-refractivity contribution in [2.45, 2.75) is 19.5 Å². The van der Waals surface area contributed by atoms with Crippen LogP contribution in [0.3, 0.4) is 0 Å². The lowest BCUT2D eigenvalue weighted by atomic mass is 10.1. The standard InChI is InChI=1S/C23H19BrN4O2/c24-17-5-3-15(4-6-17)21-8-7-18(30-21)13-28-11-9-20-19(14-28)23(29)27-22(26-20)16-2-1-10-25-12-16/h1-8,10,12H,9,11,13-14H2,(H,26,27,29). The van der Waals surface area contributed by atoms with Gasteiger partial charge in [-0.2, -0.15) is 0 Å². The van der Waals surface area contributed by atoms with Crippen LogP contribution in [-0.2, 0) is 19.5 Å². The summed E-state index contributed by atoms with van der Waals surface area (Å²) in [5.41, 5.74) is 3.36. The van der Waals surface area contributed by atoms with Gasteiger partial charge in [0.25, 0.3) is 5.56 Å². The number of H-pyrrole nitrogens is 1. The summed E-state index contributed by atoms with van der Waals surface area (Å²) in [4.78, 5) is 26.6. The van der Waals surface area contributed by atoms with Gasteiger partial charge in [-0.05, 0) is 36.4 Å². The van der Waals surface area contributed by atoms with Gasteiger partial charge in [0.15, 0.2) is 0 Å². The molecule has 150 valence electrons. The van der Waals surface area contributed by atoms with E-state index in [2.05, 4.69) is 35.8 Å². The van der Waals surface area contributed by atoms with Crippen molar-refractivity contribution in [2.24, 2.45) is 0 Å². The molecular formula is C23H19BrN4O2. The molecule has 30 heavy (non-hydrogen) atoms. The Morgan fingerprint density at radius 2 is 1.97 bits per heavy atom. The molecule has 0 saturated carbocycles. The highest BCUT2D eigenvalue weighted by Crippen LogP contribution is 2.26. The third kappa shape index (κ3) is 3.86. The lowest BCUT2D eigenvalue weighted by Gasteiger charge is -2.26. The van der Waals surface area contributed by atoms with Gasteiger partial charge in [-0.25, -0.2) is 4.98 Å². The molecule has 0 saturated heterocycles. The number of aromatic amines is 1. The quantitative estimate of drug-likeness (QED) is 0.485. The molecule has 4 aromatic rings. The van der Waals surface area contributed by atoms with Crippen molar-refractivity contribution < 1.29 is 4.42 Å². The summed E-state index contributed by atoms with van der Waals surface area (Å²) in [6.07, 6.45) is 4.14. The highest BCUT2D eigenvalue weighted by Gasteiger charge is 2.22. The predicted octanol–water partition coefficient (Wildman–Crippen LogP) is 4.41. The first-order valence-corrected chi connectivity index (χ1v) is 10.5. The van der Waals surface area contributed by atoms with Crippen LogP contribution in [0.15, 0.2) is 74.6 Å². The minimum absolute atomic E-state index is 0.0847. The number of pyridine rings is 1. The molecule has 3 aromatic heterocycles. The predicted molar refractivity (Wildman–Crippen MR) is 118 cm³/mol. The topological polar surface area (TPSA) is 75.0 Å². The number of nitrogens with zero attached hydrogens (tertiary/aromatic N) is 3. The molecule has 0 radical (unpaired) electrons. The summed E-state index contributed by atoms with van der Waals surface area (Å²) in [7, 11) is 0. The molecule has 0 fully saturated rings. The van der Waals surface area contributed by atoms with Crippen molar-refractivity contribution in [2.75, 3.05) is 6.54 Å². The Kier molecular flexibility index (Phi) is 5.06. The van der Waals surface area contributed by atoms with Crippen molar-refractivity contribution in [3.63, 3.8) is 0 Å². The molecule has 0 atom stereocenters. The summed E-state index contributed by atoms with van der Waals surface area (Å²) in [5.74, 6) is 2.30. The first-order chi connectivity index (χ1) is 14.7. The van der Waals surface area contributed by atoms with Crippen LogP contribution in [0.4, 0.5) is 0 Å². The van der Waals surface area contributed by atoms with Crippen LogP contribution < -0.4 is 5.56 Å². The zero-order valence-corrected chi connectivity index (χ0v) is 17.7. The van der Waals surface area contributed by atoms with Crippen LogP contribution >= 0.6 is 15.9 Å². The van der Waals surface area contributed by atoms with Crippen molar-refractivity contribution in [3.8, 4) is 22.7 Å². The Labute approximate surface area is 181 Å². The third-order valence-corrected chi connectivity index (χ3v) is 5.78. The second-order valence-electron chi connectivity index (χ2n) is 7.31. The van der Waals surface area contributed by atoms with E-state index in [0.717, 1.165) is 51.3 Å². The minimum atomic E-state index is -0.0847. The molecule has 6 nitrogen and oxygen atoms in total. The lowest BCUT2D eigenvalue weighted by molar-refractivity contribution is 0.223. The summed E-state index contributed by atoms with van der Waals surface area (Å²) in [6.45, 7) is 2.03. The monoisotopic (exact) mass is 462 g/mol. The highest BCUT2D eigenvalue weighted by atomic mass is 79.9. The fourth-order valence-electron chi connectivity index (χ4n) is 3.71. The van der Waals surface area contributed by atoms with Gasteiger partial charge in [-0.1, -0.05) is 28.1 Å². The SMILES string of the molecule is O=c1[nH]c(-c2cccnc2)nc2c1CN(Cc1ccc(-c3ccc(Br)cc3)o1)CC2. The summed E-state index contributed by atoms with van der Waals surface area (Å²) in [5, 5.41) is 0. The van der Waals surface area contributed by atoms with Gasteiger partial charge in [0.1, 0.15) is 17.3 Å². The second-order valence-corrected chi connectivity index (χ2v) is 8.23. The summed E-state index contributed by atoms with van der Waals surface area (Å²) in [6, 6.07) is 15.8. The van der Waals surface area contributed by atoms with E-state index in [-0.39, 0.29) is 5.56 Å². The van der Waals surface area contributed by atoms with Crippen LogP contribution in [0.1, 0.15) is 17.0 Å². The number of rotatable bonds is 4. The summed E-state index contributed by atoms with van der Waals surface area (Å²) < 4.78 is 7.08. The fraction of sp³-hybridized carbons (Fsp3) is 0.174.